The van der Waals surface area contributed by atoms with Gasteiger partial charge in [0.15, 0.2) is 5.96 Å². The SMILES string of the molecule is CSCCC(N)C(=O)NC(CCC(N)=O)C(=O)NCC(=O)NC(CCCN=C(N)N)C(=O)O. The van der Waals surface area contributed by atoms with E-state index in [0.717, 1.165) is 0 Å². The van der Waals surface area contributed by atoms with Gasteiger partial charge in [0.25, 0.3) is 0 Å². The van der Waals surface area contributed by atoms with Crippen LogP contribution in [0.2, 0.25) is 0 Å². The third-order valence-electron chi connectivity index (χ3n) is 4.28. The lowest BCUT2D eigenvalue weighted by Crippen LogP contribution is -2.53. The Morgan fingerprint density at radius 2 is 1.64 bits per heavy atom. The fraction of sp³-hybridized carbons (Fsp3) is 0.667. The van der Waals surface area contributed by atoms with Crippen LogP contribution in [-0.4, -0.2) is 83.9 Å². The molecule has 0 radical (unpaired) electrons. The molecule has 3 unspecified atom stereocenters. The first-order chi connectivity index (χ1) is 15.5. The van der Waals surface area contributed by atoms with Gasteiger partial charge in [0.2, 0.25) is 23.6 Å². The highest BCUT2D eigenvalue weighted by Gasteiger charge is 2.25. The number of amides is 4. The molecule has 4 amide bonds. The number of nitrogens with zero attached hydrogens (tertiary/aromatic N) is 1. The molecule has 0 aliphatic rings. The zero-order chi connectivity index (χ0) is 25.4. The monoisotopic (exact) mass is 490 g/mol. The van der Waals surface area contributed by atoms with E-state index in [-0.39, 0.29) is 31.8 Å². The summed E-state index contributed by atoms with van der Waals surface area (Å²) < 4.78 is 0. The summed E-state index contributed by atoms with van der Waals surface area (Å²) in [6.45, 7) is -0.350. The number of primary amides is 1. The maximum absolute atomic E-state index is 12.5. The number of hydrogen-bond donors (Lipinski definition) is 8. The summed E-state index contributed by atoms with van der Waals surface area (Å²) in [5.41, 5.74) is 21.3. The lowest BCUT2D eigenvalue weighted by atomic mass is 10.1. The fourth-order valence-electron chi connectivity index (χ4n) is 2.51. The minimum atomic E-state index is -1.26. The molecule has 0 saturated carbocycles. The van der Waals surface area contributed by atoms with Gasteiger partial charge in [-0.2, -0.15) is 11.8 Å². The van der Waals surface area contributed by atoms with E-state index >= 15 is 0 Å². The molecule has 0 fully saturated rings. The highest BCUT2D eigenvalue weighted by Crippen LogP contribution is 2.03. The predicted molar refractivity (Wildman–Crippen MR) is 124 cm³/mol. The zero-order valence-electron chi connectivity index (χ0n) is 18.5. The number of hydrogen-bond acceptors (Lipinski definition) is 8. The molecule has 0 heterocycles. The van der Waals surface area contributed by atoms with Gasteiger partial charge in [-0.3, -0.25) is 24.2 Å². The van der Waals surface area contributed by atoms with E-state index in [0.29, 0.717) is 18.6 Å². The Morgan fingerprint density at radius 1 is 0.970 bits per heavy atom. The average molecular weight is 491 g/mol. The normalized spacial score (nSPS) is 13.2. The lowest BCUT2D eigenvalue weighted by molar-refractivity contribution is -0.142. The van der Waals surface area contributed by atoms with E-state index in [9.17, 15) is 29.1 Å². The van der Waals surface area contributed by atoms with Gasteiger partial charge in [-0.05, 0) is 37.7 Å². The maximum Gasteiger partial charge on any atom is 0.326 e. The van der Waals surface area contributed by atoms with Crippen molar-refractivity contribution in [2.24, 2.45) is 27.9 Å². The topological polar surface area (TPSA) is 258 Å². The van der Waals surface area contributed by atoms with Gasteiger partial charge in [-0.15, -0.1) is 0 Å². The molecule has 15 heteroatoms. The maximum atomic E-state index is 12.5. The van der Waals surface area contributed by atoms with Gasteiger partial charge in [0.05, 0.1) is 12.6 Å². The zero-order valence-corrected chi connectivity index (χ0v) is 19.4. The molecule has 0 aromatic heterocycles. The smallest absolute Gasteiger partial charge is 0.326 e. The molecule has 3 atom stereocenters. The van der Waals surface area contributed by atoms with Crippen LogP contribution in [0.3, 0.4) is 0 Å². The first-order valence-electron chi connectivity index (χ1n) is 10.2. The lowest BCUT2D eigenvalue weighted by Gasteiger charge is -2.20. The number of nitrogens with one attached hydrogen (secondary N) is 3. The molecule has 0 aliphatic carbocycles. The Labute approximate surface area is 196 Å². The number of carboxylic acids is 1. The van der Waals surface area contributed by atoms with Gasteiger partial charge in [-0.1, -0.05) is 0 Å². The number of carbonyl (C=O) groups is 5. The molecule has 14 nitrogen and oxygen atoms in total. The summed E-state index contributed by atoms with van der Waals surface area (Å²) in [6.07, 6.45) is 2.35. The minimum absolute atomic E-state index is 0.0665. The Morgan fingerprint density at radius 3 is 2.18 bits per heavy atom. The van der Waals surface area contributed by atoms with Crippen molar-refractivity contribution in [2.45, 2.75) is 50.2 Å². The first-order valence-corrected chi connectivity index (χ1v) is 11.6. The Bertz CT molecular complexity index is 716. The average Bonchev–Trinajstić information content (AvgIpc) is 2.74. The van der Waals surface area contributed by atoms with Crippen LogP contribution in [0.1, 0.15) is 32.1 Å². The minimum Gasteiger partial charge on any atom is -0.480 e. The largest absolute Gasteiger partial charge is 0.480 e. The van der Waals surface area contributed by atoms with Crippen molar-refractivity contribution >= 4 is 47.3 Å². The van der Waals surface area contributed by atoms with Crippen molar-refractivity contribution < 1.29 is 29.1 Å². The number of guanidine groups is 1. The first kappa shape index (κ1) is 29.9. The van der Waals surface area contributed by atoms with E-state index in [4.69, 9.17) is 22.9 Å². The van der Waals surface area contributed by atoms with E-state index in [2.05, 4.69) is 20.9 Å². The number of carbonyl (C=O) groups excluding carboxylic acids is 4. The molecule has 0 bridgehead atoms. The summed E-state index contributed by atoms with van der Waals surface area (Å²) in [7, 11) is 0. The Hall–Kier alpha value is -3.07. The fourth-order valence-corrected chi connectivity index (χ4v) is 3.00. The quantitative estimate of drug-likeness (QED) is 0.0568. The van der Waals surface area contributed by atoms with Crippen molar-refractivity contribution in [3.63, 3.8) is 0 Å². The van der Waals surface area contributed by atoms with Crippen LogP contribution in [0.15, 0.2) is 4.99 Å². The second-order valence-electron chi connectivity index (χ2n) is 7.08. The van der Waals surface area contributed by atoms with Crippen LogP contribution in [-0.2, 0) is 24.0 Å². The number of thioether (sulfide) groups is 1. The third-order valence-corrected chi connectivity index (χ3v) is 4.93. The van der Waals surface area contributed by atoms with Crippen LogP contribution < -0.4 is 38.9 Å². The second kappa shape index (κ2) is 16.5. The van der Waals surface area contributed by atoms with Gasteiger partial charge >= 0.3 is 5.97 Å². The van der Waals surface area contributed by atoms with Gasteiger partial charge in [0.1, 0.15) is 12.1 Å². The molecular weight excluding hydrogens is 456 g/mol. The van der Waals surface area contributed by atoms with Crippen LogP contribution in [0, 0.1) is 0 Å². The molecule has 33 heavy (non-hydrogen) atoms. The van der Waals surface area contributed by atoms with Crippen molar-refractivity contribution in [1.29, 1.82) is 0 Å². The van der Waals surface area contributed by atoms with Crippen molar-refractivity contribution in [3.05, 3.63) is 0 Å². The van der Waals surface area contributed by atoms with Gasteiger partial charge in [-0.25, -0.2) is 4.79 Å². The van der Waals surface area contributed by atoms with Crippen LogP contribution in [0.25, 0.3) is 0 Å². The van der Waals surface area contributed by atoms with Crippen LogP contribution >= 0.6 is 11.8 Å². The standard InChI is InChI=1S/C18H34N8O6S/c1-33-8-6-10(19)15(29)26-11(4-5-13(20)27)16(30)24-9-14(28)25-12(17(31)32)3-2-7-23-18(21)22/h10-12H,2-9,19H2,1H3,(H2,20,27)(H,24,30)(H,25,28)(H,26,29)(H,31,32)(H4,21,22,23). The van der Waals surface area contributed by atoms with Crippen LogP contribution in [0.5, 0.6) is 0 Å². The number of nitrogens with two attached hydrogens (primary N) is 4. The summed E-state index contributed by atoms with van der Waals surface area (Å²) in [5.74, 6) is -3.49. The summed E-state index contributed by atoms with van der Waals surface area (Å²) in [4.78, 5) is 62.9. The van der Waals surface area contributed by atoms with Crippen LogP contribution in [0.4, 0.5) is 0 Å². The van der Waals surface area contributed by atoms with Gasteiger partial charge < -0.3 is 44.0 Å². The molecule has 0 saturated heterocycles. The Kier molecular flexibility index (Phi) is 15.0. The molecule has 0 aliphatic heterocycles. The third kappa shape index (κ3) is 14.6. The highest BCUT2D eigenvalue weighted by molar-refractivity contribution is 7.98. The molecule has 0 aromatic rings. The molecule has 0 aromatic carbocycles. The summed E-state index contributed by atoms with van der Waals surface area (Å²) in [6, 6.07) is -3.20. The second-order valence-corrected chi connectivity index (χ2v) is 8.06. The molecule has 0 spiro atoms. The summed E-state index contributed by atoms with van der Waals surface area (Å²) >= 11 is 1.51. The number of aliphatic carboxylic acids is 1. The van der Waals surface area contributed by atoms with Gasteiger partial charge in [0, 0.05) is 13.0 Å². The molecule has 0 rings (SSSR count). The number of carboxylic acid groups (broad SMARTS) is 1. The van der Waals surface area contributed by atoms with Crippen molar-refractivity contribution in [1.82, 2.24) is 16.0 Å². The summed E-state index contributed by atoms with van der Waals surface area (Å²) in [5, 5.41) is 16.3. The van der Waals surface area contributed by atoms with Crippen molar-refractivity contribution in [2.75, 3.05) is 25.1 Å². The number of rotatable bonds is 17. The van der Waals surface area contributed by atoms with E-state index in [1.165, 1.54) is 11.8 Å². The van der Waals surface area contributed by atoms with E-state index in [1.54, 1.807) is 0 Å². The Balaban J connectivity index is 4.83. The molecular formula is C18H34N8O6S. The molecule has 188 valence electrons. The predicted octanol–water partition coefficient (Wildman–Crippen LogP) is -3.44. The number of aliphatic imine (C=N–C) groups is 1. The highest BCUT2D eigenvalue weighted by atomic mass is 32.2. The van der Waals surface area contributed by atoms with Crippen molar-refractivity contribution in [3.8, 4) is 0 Å². The van der Waals surface area contributed by atoms with E-state index < -0.39 is 54.3 Å². The molecule has 12 N–H and O–H groups in total. The van der Waals surface area contributed by atoms with E-state index in [1.807, 2.05) is 6.26 Å².